The van der Waals surface area contributed by atoms with Gasteiger partial charge in [-0.05, 0) is 78.2 Å². The Bertz CT molecular complexity index is 3660. The molecule has 12 amide bonds. The fraction of sp³-hybridized carbons (Fsp3) is 0.464. The van der Waals surface area contributed by atoms with E-state index in [9.17, 15) is 52.7 Å². The standard InChI is InChI=1S/C67H84ClN13O17.2CH4/c1-42(2)61(75-40-57(84)72-21-20-71-56(83)18-28-93-30-32-95-34-35-96-33-31-94-29-24-73-55(82)17-25-80-58(85)15-16-59(80)86)64(89)78-50(8-5-19-74-66(69)91)63(88)76-46-11-9-43(10-12-46)62(87)77-47-13-14-52-44(36-47)37-54(97-52)65(90)81-41-45(39-68)60-49-7-4-3-6-48(49)53(38-51(60)81)98-67(92)79-26-22-70-23-27-79;;/h3-4,6-7,9-16,36-38,42,45,50,61,70,75H,5,8,17-35,39-41H2,1-2H3,(H,71,83)(H,72,84)(H,73,82)(H,76,88)(H,77,87)(H,78,89)(H3,69,74,91);2*1H4/t45-,50+,61+;;/m1../s1. The summed E-state index contributed by atoms with van der Waals surface area (Å²) in [5.41, 5.74) is 8.03. The molecule has 100 heavy (non-hydrogen) atoms. The van der Waals surface area contributed by atoms with Gasteiger partial charge in [0.05, 0.1) is 71.1 Å². The second-order valence-electron chi connectivity index (χ2n) is 23.4. The van der Waals surface area contributed by atoms with E-state index in [1.54, 1.807) is 54.0 Å². The Labute approximate surface area is 585 Å². The number of primary amides is 1. The van der Waals surface area contributed by atoms with Gasteiger partial charge in [-0.25, -0.2) is 9.59 Å². The highest BCUT2D eigenvalue weighted by Gasteiger charge is 2.37. The molecule has 8 rings (SSSR count). The summed E-state index contributed by atoms with van der Waals surface area (Å²) in [6.07, 6.45) is 2.28. The predicted octanol–water partition coefficient (Wildman–Crippen LogP) is 4.10. The second kappa shape index (κ2) is 40.5. The zero-order chi connectivity index (χ0) is 69.9. The number of urea groups is 1. The van der Waals surface area contributed by atoms with Crippen LogP contribution in [0.25, 0.3) is 21.7 Å². The Balaban J connectivity index is 0.00000787. The van der Waals surface area contributed by atoms with E-state index in [1.807, 2.05) is 24.3 Å². The van der Waals surface area contributed by atoms with E-state index in [2.05, 4.69) is 47.9 Å². The highest BCUT2D eigenvalue weighted by atomic mass is 35.5. The molecule has 5 aromatic rings. The van der Waals surface area contributed by atoms with Crippen LogP contribution in [0.15, 0.2) is 95.4 Å². The number of halogens is 1. The fourth-order valence-corrected chi connectivity index (χ4v) is 11.1. The van der Waals surface area contributed by atoms with Crippen LogP contribution in [0.5, 0.6) is 5.75 Å². The summed E-state index contributed by atoms with van der Waals surface area (Å²) in [4.78, 5) is 145. The van der Waals surface area contributed by atoms with Crippen molar-refractivity contribution in [3.8, 4) is 5.75 Å². The molecule has 0 radical (unpaired) electrons. The number of benzene rings is 4. The van der Waals surface area contributed by atoms with Crippen molar-refractivity contribution in [3.05, 3.63) is 108 Å². The Morgan fingerprint density at radius 1 is 0.680 bits per heavy atom. The van der Waals surface area contributed by atoms with Gasteiger partial charge in [0.15, 0.2) is 5.76 Å². The number of carbonyl (C=O) groups excluding carboxylic acids is 11. The van der Waals surface area contributed by atoms with E-state index < -0.39 is 65.6 Å². The third-order valence-electron chi connectivity index (χ3n) is 16.0. The second-order valence-corrected chi connectivity index (χ2v) is 23.7. The molecule has 0 unspecified atom stereocenters. The van der Waals surface area contributed by atoms with Crippen molar-refractivity contribution in [2.45, 2.75) is 72.4 Å². The van der Waals surface area contributed by atoms with Gasteiger partial charge in [-0.15, -0.1) is 11.6 Å². The normalized spacial score (nSPS) is 14.6. The van der Waals surface area contributed by atoms with E-state index in [-0.39, 0.29) is 154 Å². The maximum Gasteiger partial charge on any atom is 0.415 e. The molecular weight excluding hydrogens is 1320 g/mol. The van der Waals surface area contributed by atoms with Crippen LogP contribution in [0.1, 0.15) is 86.8 Å². The first-order valence-electron chi connectivity index (χ1n) is 32.5. The lowest BCUT2D eigenvalue weighted by atomic mass is 9.95. The third kappa shape index (κ3) is 23.6. The van der Waals surface area contributed by atoms with Crippen molar-refractivity contribution in [1.29, 1.82) is 0 Å². The minimum Gasteiger partial charge on any atom is -0.451 e. The average molecular weight is 1410 g/mol. The summed E-state index contributed by atoms with van der Waals surface area (Å²) in [7, 11) is 0. The maximum absolute atomic E-state index is 14.4. The van der Waals surface area contributed by atoms with E-state index >= 15 is 0 Å². The summed E-state index contributed by atoms with van der Waals surface area (Å²) >= 11 is 6.54. The molecule has 4 aromatic carbocycles. The highest BCUT2D eigenvalue weighted by molar-refractivity contribution is 6.19. The summed E-state index contributed by atoms with van der Waals surface area (Å²) < 4.78 is 33.9. The number of hydrogen-bond acceptors (Lipinski definition) is 19. The zero-order valence-electron chi connectivity index (χ0n) is 54.7. The maximum atomic E-state index is 14.4. The number of alkyl halides is 1. The van der Waals surface area contributed by atoms with E-state index in [4.69, 9.17) is 45.4 Å². The number of nitrogens with two attached hydrogens (primary N) is 1. The molecule has 30 nitrogen and oxygen atoms in total. The first-order valence-corrected chi connectivity index (χ1v) is 33.0. The largest absolute Gasteiger partial charge is 0.451 e. The van der Waals surface area contributed by atoms with Gasteiger partial charge in [-0.3, -0.25) is 53.4 Å². The number of anilines is 3. The average Bonchev–Trinajstić information content (AvgIpc) is 1.40. The summed E-state index contributed by atoms with van der Waals surface area (Å²) in [6.45, 7) is 8.68. The molecule has 542 valence electrons. The SMILES string of the molecule is C.C.CC(C)[C@H](NCC(=O)NCCNC(=O)CCOCCOCCOCCOCCNC(=O)CCN1C(=O)C=CC1=O)C(=O)N[C@@H](CCCNC(N)=O)C(=O)Nc1ccc(C(=O)Nc2ccc3oc(C(=O)N4C[C@@H](CCl)c5c4cc(OC(=O)N4CCNCC4)c4ccccc54)cc3c2)cc1. The van der Waals surface area contributed by atoms with Gasteiger partial charge in [-0.1, -0.05) is 53.0 Å². The van der Waals surface area contributed by atoms with Crippen LogP contribution in [0, 0.1) is 5.92 Å². The monoisotopic (exact) mass is 1410 g/mol. The number of carbonyl (C=O) groups is 11. The van der Waals surface area contributed by atoms with Crippen LogP contribution in [0.3, 0.4) is 0 Å². The minimum absolute atomic E-state index is 0. The Morgan fingerprint density at radius 2 is 1.30 bits per heavy atom. The molecule has 31 heteroatoms. The molecule has 4 heterocycles. The van der Waals surface area contributed by atoms with Crippen LogP contribution in [0.4, 0.5) is 26.7 Å². The number of nitrogens with zero attached hydrogens (tertiary/aromatic N) is 3. The lowest BCUT2D eigenvalue weighted by Gasteiger charge is -2.27. The molecule has 0 saturated carbocycles. The summed E-state index contributed by atoms with van der Waals surface area (Å²) in [5.74, 6) is -3.94. The fourth-order valence-electron chi connectivity index (χ4n) is 10.9. The Kier molecular flexibility index (Phi) is 32.2. The van der Waals surface area contributed by atoms with Crippen LogP contribution < -0.4 is 63.2 Å². The number of amides is 12. The number of hydrogen-bond donors (Lipinski definition) is 10. The topological polar surface area (TPSA) is 391 Å². The van der Waals surface area contributed by atoms with E-state index in [1.165, 1.54) is 36.4 Å². The van der Waals surface area contributed by atoms with Gasteiger partial charge in [0.2, 0.25) is 29.5 Å². The molecule has 0 bridgehead atoms. The van der Waals surface area contributed by atoms with Gasteiger partial charge in [0.25, 0.3) is 23.6 Å². The van der Waals surface area contributed by atoms with Crippen LogP contribution in [-0.2, 0) is 52.5 Å². The molecule has 3 aliphatic heterocycles. The molecular formula is C69H92ClN13O17. The van der Waals surface area contributed by atoms with Gasteiger partial charge >= 0.3 is 12.1 Å². The molecule has 1 saturated heterocycles. The van der Waals surface area contributed by atoms with Gasteiger partial charge in [0.1, 0.15) is 17.4 Å². The number of furan rings is 1. The first-order chi connectivity index (χ1) is 47.4. The molecule has 3 atom stereocenters. The number of imide groups is 1. The number of rotatable bonds is 38. The van der Waals surface area contributed by atoms with Crippen LogP contribution in [0.2, 0.25) is 0 Å². The summed E-state index contributed by atoms with van der Waals surface area (Å²) in [5, 5.41) is 27.2. The van der Waals surface area contributed by atoms with Crippen molar-refractivity contribution in [2.75, 3.05) is 146 Å². The number of nitrogens with one attached hydrogen (secondary N) is 9. The zero-order valence-corrected chi connectivity index (χ0v) is 55.4. The number of piperazine rings is 1. The van der Waals surface area contributed by atoms with E-state index in [0.717, 1.165) is 21.2 Å². The van der Waals surface area contributed by atoms with Crippen molar-refractivity contribution >= 4 is 116 Å². The van der Waals surface area contributed by atoms with Crippen molar-refractivity contribution < 1.29 is 80.8 Å². The van der Waals surface area contributed by atoms with Crippen LogP contribution in [-0.4, -0.2) is 218 Å². The van der Waals surface area contributed by atoms with Gasteiger partial charge in [0, 0.05) is 136 Å². The third-order valence-corrected chi connectivity index (χ3v) is 16.3. The Morgan fingerprint density at radius 3 is 1.96 bits per heavy atom. The Hall–Kier alpha value is -9.56. The van der Waals surface area contributed by atoms with Crippen molar-refractivity contribution in [3.63, 3.8) is 0 Å². The number of fused-ring (bicyclic) bond motifs is 4. The first kappa shape index (κ1) is 79.4. The summed E-state index contributed by atoms with van der Waals surface area (Å²) in [6, 6.07) is 19.1. The highest BCUT2D eigenvalue weighted by Crippen LogP contribution is 2.46. The molecule has 11 N–H and O–H groups in total. The van der Waals surface area contributed by atoms with E-state index in [0.29, 0.717) is 86.4 Å². The minimum atomic E-state index is -1.11. The smallest absolute Gasteiger partial charge is 0.415 e. The molecule has 0 aliphatic carbocycles. The lowest BCUT2D eigenvalue weighted by molar-refractivity contribution is -0.137. The van der Waals surface area contributed by atoms with Crippen molar-refractivity contribution in [1.82, 2.24) is 47.0 Å². The van der Waals surface area contributed by atoms with Crippen LogP contribution >= 0.6 is 11.6 Å². The lowest BCUT2D eigenvalue weighted by Crippen LogP contribution is -2.55. The molecule has 3 aliphatic rings. The predicted molar refractivity (Wildman–Crippen MR) is 375 cm³/mol. The van der Waals surface area contributed by atoms with Gasteiger partial charge < -0.3 is 86.2 Å². The molecule has 1 fully saturated rings. The molecule has 1 aromatic heterocycles. The molecule has 0 spiro atoms. The van der Waals surface area contributed by atoms with Gasteiger partial charge in [-0.2, -0.15) is 0 Å². The van der Waals surface area contributed by atoms with Crippen molar-refractivity contribution in [2.24, 2.45) is 11.7 Å². The quantitative estimate of drug-likeness (QED) is 0.0151. The number of ether oxygens (including phenoxy) is 5.